The molecule has 0 bridgehead atoms. The van der Waals surface area contributed by atoms with Crippen molar-refractivity contribution in [2.45, 2.75) is 37.8 Å². The second-order valence-electron chi connectivity index (χ2n) is 4.51. The Labute approximate surface area is 110 Å². The van der Waals surface area contributed by atoms with E-state index in [0.29, 0.717) is 25.5 Å². The van der Waals surface area contributed by atoms with Gasteiger partial charge < -0.3 is 9.84 Å². The molecule has 1 aliphatic rings. The van der Waals surface area contributed by atoms with Crippen molar-refractivity contribution >= 4 is 0 Å². The summed E-state index contributed by atoms with van der Waals surface area (Å²) in [5.41, 5.74) is -3.85. The predicted octanol–water partition coefficient (Wildman–Crippen LogP) is 0.615. The van der Waals surface area contributed by atoms with Crippen molar-refractivity contribution in [2.24, 2.45) is 0 Å². The first-order chi connectivity index (χ1) is 9.32. The SMILES string of the molecule is O=c1[nH]c(=O)n(C2CCC(CCO)O2)cc1C(F)(F)F. The molecule has 1 aromatic heterocycles. The summed E-state index contributed by atoms with van der Waals surface area (Å²) in [5, 5.41) is 8.78. The van der Waals surface area contributed by atoms with Gasteiger partial charge in [0.15, 0.2) is 0 Å². The van der Waals surface area contributed by atoms with Gasteiger partial charge in [0.1, 0.15) is 11.8 Å². The molecule has 9 heteroatoms. The molecular weight excluding hydrogens is 281 g/mol. The number of nitrogens with one attached hydrogen (secondary N) is 1. The van der Waals surface area contributed by atoms with Crippen LogP contribution in [-0.2, 0) is 10.9 Å². The van der Waals surface area contributed by atoms with E-state index in [2.05, 4.69) is 0 Å². The van der Waals surface area contributed by atoms with Crippen LogP contribution < -0.4 is 11.2 Å². The highest BCUT2D eigenvalue weighted by Crippen LogP contribution is 2.30. The van der Waals surface area contributed by atoms with Crippen LogP contribution in [0.15, 0.2) is 15.8 Å². The molecule has 1 fully saturated rings. The van der Waals surface area contributed by atoms with E-state index in [1.165, 1.54) is 0 Å². The molecule has 0 spiro atoms. The van der Waals surface area contributed by atoms with Crippen molar-refractivity contribution in [1.29, 1.82) is 0 Å². The standard InChI is InChI=1S/C11H13F3N2O4/c12-11(13,14)7-5-16(10(19)15-9(7)18)8-2-1-6(20-8)3-4-17/h5-6,8,17H,1-4H2,(H,15,18,19). The van der Waals surface area contributed by atoms with Crippen LogP contribution in [0.25, 0.3) is 0 Å². The van der Waals surface area contributed by atoms with E-state index in [9.17, 15) is 22.8 Å². The number of aliphatic hydroxyl groups excluding tert-OH is 1. The zero-order chi connectivity index (χ0) is 14.9. The van der Waals surface area contributed by atoms with Crippen LogP contribution in [0, 0.1) is 0 Å². The number of nitrogens with zero attached hydrogens (tertiary/aromatic N) is 1. The van der Waals surface area contributed by atoms with Gasteiger partial charge in [-0.1, -0.05) is 0 Å². The average Bonchev–Trinajstić information content (AvgIpc) is 2.76. The van der Waals surface area contributed by atoms with E-state index in [4.69, 9.17) is 9.84 Å². The van der Waals surface area contributed by atoms with Crippen LogP contribution in [-0.4, -0.2) is 27.4 Å². The molecule has 1 aromatic rings. The van der Waals surface area contributed by atoms with Gasteiger partial charge >= 0.3 is 11.9 Å². The monoisotopic (exact) mass is 294 g/mol. The fraction of sp³-hybridized carbons (Fsp3) is 0.636. The Kier molecular flexibility index (Phi) is 4.00. The van der Waals surface area contributed by atoms with Gasteiger partial charge in [0.05, 0.1) is 6.10 Å². The van der Waals surface area contributed by atoms with Gasteiger partial charge in [-0.15, -0.1) is 0 Å². The second-order valence-corrected chi connectivity index (χ2v) is 4.51. The third-order valence-corrected chi connectivity index (χ3v) is 3.12. The minimum Gasteiger partial charge on any atom is -0.396 e. The van der Waals surface area contributed by atoms with Gasteiger partial charge in [-0.05, 0) is 19.3 Å². The summed E-state index contributed by atoms with van der Waals surface area (Å²) in [6.45, 7) is -0.105. The highest BCUT2D eigenvalue weighted by atomic mass is 19.4. The smallest absolute Gasteiger partial charge is 0.396 e. The molecule has 1 saturated heterocycles. The van der Waals surface area contributed by atoms with Gasteiger partial charge in [0.25, 0.3) is 5.56 Å². The number of aromatic nitrogens is 2. The van der Waals surface area contributed by atoms with Crippen molar-refractivity contribution in [1.82, 2.24) is 9.55 Å². The largest absolute Gasteiger partial charge is 0.423 e. The van der Waals surface area contributed by atoms with Crippen LogP contribution in [0.4, 0.5) is 13.2 Å². The van der Waals surface area contributed by atoms with E-state index < -0.39 is 29.2 Å². The number of aliphatic hydroxyl groups is 1. The van der Waals surface area contributed by atoms with Gasteiger partial charge in [-0.2, -0.15) is 13.2 Å². The number of H-pyrrole nitrogens is 1. The number of halogens is 3. The maximum absolute atomic E-state index is 12.6. The van der Waals surface area contributed by atoms with Crippen LogP contribution in [0.1, 0.15) is 31.1 Å². The Hall–Kier alpha value is -1.61. The highest BCUT2D eigenvalue weighted by Gasteiger charge is 2.36. The van der Waals surface area contributed by atoms with Crippen molar-refractivity contribution in [3.05, 3.63) is 32.6 Å². The number of hydrogen-bond acceptors (Lipinski definition) is 4. The van der Waals surface area contributed by atoms with Crippen molar-refractivity contribution < 1.29 is 23.0 Å². The molecule has 2 unspecified atom stereocenters. The fourth-order valence-electron chi connectivity index (χ4n) is 2.15. The molecule has 0 aromatic carbocycles. The van der Waals surface area contributed by atoms with Gasteiger partial charge in [-0.25, -0.2) is 4.79 Å². The minimum atomic E-state index is -4.84. The highest BCUT2D eigenvalue weighted by molar-refractivity contribution is 5.09. The van der Waals surface area contributed by atoms with Crippen LogP contribution in [0.5, 0.6) is 0 Å². The number of alkyl halides is 3. The van der Waals surface area contributed by atoms with Crippen LogP contribution >= 0.6 is 0 Å². The first-order valence-corrected chi connectivity index (χ1v) is 6.02. The minimum absolute atomic E-state index is 0.105. The van der Waals surface area contributed by atoms with Gasteiger partial charge in [-0.3, -0.25) is 14.3 Å². The average molecular weight is 294 g/mol. The molecule has 6 nitrogen and oxygen atoms in total. The maximum Gasteiger partial charge on any atom is 0.423 e. The lowest BCUT2D eigenvalue weighted by Crippen LogP contribution is -2.36. The molecule has 2 rings (SSSR count). The van der Waals surface area contributed by atoms with E-state index in [0.717, 1.165) is 4.57 Å². The number of hydrogen-bond donors (Lipinski definition) is 2. The summed E-state index contributed by atoms with van der Waals surface area (Å²) in [7, 11) is 0. The first-order valence-electron chi connectivity index (χ1n) is 6.02. The molecular formula is C11H13F3N2O4. The summed E-state index contributed by atoms with van der Waals surface area (Å²) in [4.78, 5) is 24.4. The van der Waals surface area contributed by atoms with Gasteiger partial charge in [0, 0.05) is 12.8 Å². The lowest BCUT2D eigenvalue weighted by atomic mass is 10.2. The first kappa shape index (κ1) is 14.8. The molecule has 2 heterocycles. The Bertz CT molecular complexity index is 593. The van der Waals surface area contributed by atoms with E-state index in [-0.39, 0.29) is 12.7 Å². The summed E-state index contributed by atoms with van der Waals surface area (Å²) in [6.07, 6.45) is -4.32. The van der Waals surface area contributed by atoms with Crippen molar-refractivity contribution in [2.75, 3.05) is 6.61 Å². The zero-order valence-electron chi connectivity index (χ0n) is 10.3. The van der Waals surface area contributed by atoms with Crippen molar-refractivity contribution in [3.8, 4) is 0 Å². The zero-order valence-corrected chi connectivity index (χ0v) is 10.3. The Balaban J connectivity index is 2.34. The Morgan fingerprint density at radius 2 is 2.10 bits per heavy atom. The number of rotatable bonds is 3. The van der Waals surface area contributed by atoms with Crippen LogP contribution in [0.3, 0.4) is 0 Å². The van der Waals surface area contributed by atoms with E-state index in [1.807, 2.05) is 0 Å². The molecule has 0 saturated carbocycles. The summed E-state index contributed by atoms with van der Waals surface area (Å²) in [5.74, 6) is 0. The third-order valence-electron chi connectivity index (χ3n) is 3.12. The van der Waals surface area contributed by atoms with Crippen molar-refractivity contribution in [3.63, 3.8) is 0 Å². The second kappa shape index (κ2) is 5.41. The quantitative estimate of drug-likeness (QED) is 0.855. The molecule has 0 amide bonds. The molecule has 0 aliphatic carbocycles. The summed E-state index contributed by atoms with van der Waals surface area (Å²) >= 11 is 0. The molecule has 20 heavy (non-hydrogen) atoms. The number of ether oxygens (including phenoxy) is 1. The topological polar surface area (TPSA) is 84.3 Å². The number of aromatic amines is 1. The lowest BCUT2D eigenvalue weighted by molar-refractivity contribution is -0.139. The summed E-state index contributed by atoms with van der Waals surface area (Å²) < 4.78 is 44.0. The van der Waals surface area contributed by atoms with Crippen LogP contribution in [0.2, 0.25) is 0 Å². The third kappa shape index (κ3) is 2.93. The lowest BCUT2D eigenvalue weighted by Gasteiger charge is -2.16. The predicted molar refractivity (Wildman–Crippen MR) is 61.2 cm³/mol. The van der Waals surface area contributed by atoms with E-state index in [1.54, 1.807) is 4.98 Å². The normalized spacial score (nSPS) is 23.2. The maximum atomic E-state index is 12.6. The molecule has 2 atom stereocenters. The Morgan fingerprint density at radius 3 is 2.70 bits per heavy atom. The Morgan fingerprint density at radius 1 is 1.40 bits per heavy atom. The van der Waals surface area contributed by atoms with Gasteiger partial charge in [0.2, 0.25) is 0 Å². The fourth-order valence-corrected chi connectivity index (χ4v) is 2.15. The molecule has 1 aliphatic heterocycles. The van der Waals surface area contributed by atoms with E-state index >= 15 is 0 Å². The summed E-state index contributed by atoms with van der Waals surface area (Å²) in [6, 6.07) is 0. The molecule has 112 valence electrons. The molecule has 2 N–H and O–H groups in total. The molecule has 0 radical (unpaired) electrons.